The number of ether oxygens (including phenoxy) is 3. The van der Waals surface area contributed by atoms with E-state index in [0.29, 0.717) is 57.0 Å². The molecule has 3 aromatic rings. The van der Waals surface area contributed by atoms with Gasteiger partial charge in [0.2, 0.25) is 5.91 Å². The number of hydrogen-bond donors (Lipinski definition) is 4. The molecule has 0 saturated heterocycles. The van der Waals surface area contributed by atoms with E-state index in [1.807, 2.05) is 42.5 Å². The zero-order chi connectivity index (χ0) is 29.9. The smallest absolute Gasteiger partial charge is 0.407 e. The molecule has 1 aliphatic heterocycles. The van der Waals surface area contributed by atoms with Gasteiger partial charge in [0.15, 0.2) is 0 Å². The lowest BCUT2D eigenvalue weighted by Gasteiger charge is -2.15. The number of alkyl carbamates (subject to hydrolysis) is 1. The Bertz CT molecular complexity index is 1410. The molecule has 0 saturated carbocycles. The third kappa shape index (κ3) is 8.20. The number of nitrogens with zero attached hydrogens (tertiary/aromatic N) is 1. The summed E-state index contributed by atoms with van der Waals surface area (Å²) in [4.78, 5) is 39.8. The van der Waals surface area contributed by atoms with Crippen molar-refractivity contribution in [2.24, 2.45) is 5.73 Å². The number of unbranched alkanes of at least 4 members (excludes halogenated alkanes) is 1. The maximum absolute atomic E-state index is 12.5. The minimum absolute atomic E-state index is 0.0377. The number of amides is 2. The predicted molar refractivity (Wildman–Crippen MR) is 160 cm³/mol. The maximum Gasteiger partial charge on any atom is 0.407 e. The number of anilines is 2. The van der Waals surface area contributed by atoms with E-state index in [1.165, 1.54) is 13.0 Å². The van der Waals surface area contributed by atoms with Crippen LogP contribution >= 0.6 is 0 Å². The Morgan fingerprint density at radius 3 is 2.76 bits per heavy atom. The van der Waals surface area contributed by atoms with Gasteiger partial charge >= 0.3 is 12.1 Å². The number of rotatable bonds is 14. The Balaban J connectivity index is 1.27. The molecular weight excluding hydrogens is 538 g/mol. The van der Waals surface area contributed by atoms with Crippen LogP contribution in [0.15, 0.2) is 61.3 Å². The predicted octanol–water partition coefficient (Wildman–Crippen LogP) is 4.23. The minimum Gasteiger partial charge on any atom is -0.487 e. The van der Waals surface area contributed by atoms with Crippen molar-refractivity contribution in [1.82, 2.24) is 10.3 Å². The van der Waals surface area contributed by atoms with Crippen LogP contribution in [0.25, 0.3) is 10.9 Å². The summed E-state index contributed by atoms with van der Waals surface area (Å²) in [5.74, 6) is 0.116. The standard InChI is InChI=1S/C31H37N5O6/c1-3-15-40-31(39)34-13-5-4-8-25(32)30(38)36-23-11-9-21(10-12-23)18-42-27-16-26-28(24-7-6-14-33-29(24)27)22(17-35-26)19-41-20(2)37/h3,6-7,9-12,14,16,22,25,35H,1,4-5,8,13,15,17-19,32H2,2H3,(H,34,39)(H,36,38)/t22?,25-/m0/s1. The normalized spacial score (nSPS) is 14.3. The first-order valence-corrected chi connectivity index (χ1v) is 13.9. The average Bonchev–Trinajstić information content (AvgIpc) is 3.41. The zero-order valence-corrected chi connectivity index (χ0v) is 23.7. The molecule has 1 aliphatic rings. The quantitative estimate of drug-likeness (QED) is 0.126. The van der Waals surface area contributed by atoms with Crippen molar-refractivity contribution in [3.05, 3.63) is 72.4 Å². The number of hydrogen-bond acceptors (Lipinski definition) is 9. The second-order valence-electron chi connectivity index (χ2n) is 10.0. The summed E-state index contributed by atoms with van der Waals surface area (Å²) in [6.45, 7) is 6.77. The molecule has 0 bridgehead atoms. The van der Waals surface area contributed by atoms with Gasteiger partial charge in [0.05, 0.1) is 12.6 Å². The van der Waals surface area contributed by atoms with Gasteiger partial charge in [-0.05, 0) is 48.6 Å². The van der Waals surface area contributed by atoms with Crippen molar-refractivity contribution < 1.29 is 28.6 Å². The molecule has 11 nitrogen and oxygen atoms in total. The number of pyridine rings is 1. The molecule has 222 valence electrons. The summed E-state index contributed by atoms with van der Waals surface area (Å²) in [6, 6.07) is 12.5. The van der Waals surface area contributed by atoms with Gasteiger partial charge in [0.1, 0.15) is 24.5 Å². The first kappa shape index (κ1) is 30.3. The molecule has 0 fully saturated rings. The molecule has 1 aromatic heterocycles. The van der Waals surface area contributed by atoms with Crippen LogP contribution in [0.1, 0.15) is 43.2 Å². The van der Waals surface area contributed by atoms with E-state index < -0.39 is 12.1 Å². The van der Waals surface area contributed by atoms with E-state index in [9.17, 15) is 14.4 Å². The molecule has 11 heteroatoms. The number of aromatic nitrogens is 1. The summed E-state index contributed by atoms with van der Waals surface area (Å²) in [5.41, 5.74) is 10.4. The van der Waals surface area contributed by atoms with E-state index in [4.69, 9.17) is 19.9 Å². The van der Waals surface area contributed by atoms with Gasteiger partial charge in [0, 0.05) is 55.0 Å². The van der Waals surface area contributed by atoms with Crippen LogP contribution in [-0.4, -0.2) is 55.3 Å². The fourth-order valence-corrected chi connectivity index (χ4v) is 4.71. The Hall–Kier alpha value is -4.64. The van der Waals surface area contributed by atoms with E-state index in [-0.39, 0.29) is 24.4 Å². The SMILES string of the molecule is C=CCOC(=O)NCCCC[C@H](N)C(=O)Nc1ccc(COc2cc3c(c4cccnc24)C(COC(C)=O)CN3)cc1. The first-order valence-electron chi connectivity index (χ1n) is 13.9. The first-order chi connectivity index (χ1) is 20.4. The van der Waals surface area contributed by atoms with Gasteiger partial charge in [-0.3, -0.25) is 14.6 Å². The number of nitrogens with two attached hydrogens (primary N) is 1. The lowest BCUT2D eigenvalue weighted by molar-refractivity contribution is -0.141. The van der Waals surface area contributed by atoms with E-state index in [0.717, 1.165) is 27.7 Å². The average molecular weight is 576 g/mol. The number of carbonyl (C=O) groups is 3. The maximum atomic E-state index is 12.5. The highest BCUT2D eigenvalue weighted by atomic mass is 16.5. The van der Waals surface area contributed by atoms with Crippen LogP contribution in [0.2, 0.25) is 0 Å². The van der Waals surface area contributed by atoms with Gasteiger partial charge in [-0.1, -0.05) is 30.9 Å². The molecule has 2 amide bonds. The summed E-state index contributed by atoms with van der Waals surface area (Å²) >= 11 is 0. The van der Waals surface area contributed by atoms with Crippen molar-refractivity contribution in [2.45, 2.75) is 44.8 Å². The monoisotopic (exact) mass is 575 g/mol. The summed E-state index contributed by atoms with van der Waals surface area (Å²) in [5, 5.41) is 9.84. The molecule has 0 aliphatic carbocycles. The van der Waals surface area contributed by atoms with Crippen LogP contribution in [0, 0.1) is 0 Å². The molecule has 0 spiro atoms. The van der Waals surface area contributed by atoms with Gasteiger partial charge in [-0.2, -0.15) is 0 Å². The van der Waals surface area contributed by atoms with Crippen molar-refractivity contribution in [3.8, 4) is 5.75 Å². The lowest BCUT2D eigenvalue weighted by Crippen LogP contribution is -2.35. The molecule has 4 rings (SSSR count). The van der Waals surface area contributed by atoms with Gasteiger partial charge in [0.25, 0.3) is 0 Å². The Labute approximate surface area is 244 Å². The lowest BCUT2D eigenvalue weighted by atomic mass is 9.97. The fourth-order valence-electron chi connectivity index (χ4n) is 4.71. The molecule has 2 atom stereocenters. The molecule has 42 heavy (non-hydrogen) atoms. The highest BCUT2D eigenvalue weighted by molar-refractivity contribution is 5.95. The van der Waals surface area contributed by atoms with Crippen LogP contribution in [0.4, 0.5) is 16.2 Å². The summed E-state index contributed by atoms with van der Waals surface area (Å²) in [6.07, 6.45) is 4.58. The van der Waals surface area contributed by atoms with Crippen molar-refractivity contribution >= 4 is 40.2 Å². The molecule has 2 aromatic carbocycles. The van der Waals surface area contributed by atoms with E-state index >= 15 is 0 Å². The number of fused-ring (bicyclic) bond motifs is 3. The summed E-state index contributed by atoms with van der Waals surface area (Å²) < 4.78 is 16.3. The van der Waals surface area contributed by atoms with Crippen molar-refractivity contribution in [2.75, 3.05) is 36.9 Å². The Kier molecular flexibility index (Phi) is 10.7. The number of nitrogens with one attached hydrogen (secondary N) is 3. The highest BCUT2D eigenvalue weighted by Crippen LogP contribution is 2.41. The van der Waals surface area contributed by atoms with E-state index in [1.54, 1.807) is 6.20 Å². The van der Waals surface area contributed by atoms with Crippen LogP contribution in [-0.2, 0) is 25.7 Å². The number of carbonyl (C=O) groups excluding carboxylic acids is 3. The fraction of sp³-hybridized carbons (Fsp3) is 0.355. The van der Waals surface area contributed by atoms with Crippen LogP contribution < -0.4 is 26.4 Å². The molecule has 0 radical (unpaired) electrons. The van der Waals surface area contributed by atoms with Crippen LogP contribution in [0.5, 0.6) is 5.75 Å². The minimum atomic E-state index is -0.663. The molecule has 5 N–H and O–H groups in total. The second kappa shape index (κ2) is 14.8. The number of benzene rings is 2. The third-order valence-electron chi connectivity index (χ3n) is 6.83. The Morgan fingerprint density at radius 2 is 2.00 bits per heavy atom. The topological polar surface area (TPSA) is 154 Å². The highest BCUT2D eigenvalue weighted by Gasteiger charge is 2.27. The van der Waals surface area contributed by atoms with Crippen molar-refractivity contribution in [3.63, 3.8) is 0 Å². The third-order valence-corrected chi connectivity index (χ3v) is 6.83. The van der Waals surface area contributed by atoms with Crippen LogP contribution in [0.3, 0.4) is 0 Å². The summed E-state index contributed by atoms with van der Waals surface area (Å²) in [7, 11) is 0. The molecule has 2 heterocycles. The van der Waals surface area contributed by atoms with Gasteiger partial charge in [-0.25, -0.2) is 4.79 Å². The zero-order valence-electron chi connectivity index (χ0n) is 23.7. The second-order valence-corrected chi connectivity index (χ2v) is 10.0. The molecule has 1 unspecified atom stereocenters. The Morgan fingerprint density at radius 1 is 1.19 bits per heavy atom. The number of esters is 1. The largest absolute Gasteiger partial charge is 0.487 e. The van der Waals surface area contributed by atoms with Gasteiger partial charge in [-0.15, -0.1) is 0 Å². The molecular formula is C31H37N5O6. The van der Waals surface area contributed by atoms with E-state index in [2.05, 4.69) is 27.5 Å². The van der Waals surface area contributed by atoms with Gasteiger partial charge < -0.3 is 35.9 Å². The van der Waals surface area contributed by atoms with Crippen molar-refractivity contribution in [1.29, 1.82) is 0 Å².